The monoisotopic (exact) mass is 340 g/mol. The van der Waals surface area contributed by atoms with Gasteiger partial charge in [-0.25, -0.2) is 8.42 Å². The summed E-state index contributed by atoms with van der Waals surface area (Å²) in [6.07, 6.45) is 2.55. The summed E-state index contributed by atoms with van der Waals surface area (Å²) >= 11 is 0. The lowest BCUT2D eigenvalue weighted by Crippen LogP contribution is -2.39. The number of guanidine groups is 1. The molecule has 0 fully saturated rings. The van der Waals surface area contributed by atoms with E-state index in [-0.39, 0.29) is 12.3 Å². The molecule has 23 heavy (non-hydrogen) atoms. The molecule has 0 unspecified atom stereocenters. The smallest absolute Gasteiger partial charge is 0.191 e. The van der Waals surface area contributed by atoms with Gasteiger partial charge < -0.3 is 10.6 Å². The Bertz CT molecular complexity index is 592. The van der Waals surface area contributed by atoms with Gasteiger partial charge in [-0.3, -0.25) is 9.98 Å². The van der Waals surface area contributed by atoms with Crippen molar-refractivity contribution >= 4 is 15.8 Å². The maximum atomic E-state index is 12.1. The molecule has 1 rings (SSSR count). The van der Waals surface area contributed by atoms with Crippen molar-refractivity contribution in [1.29, 1.82) is 0 Å². The second-order valence-electron chi connectivity index (χ2n) is 6.19. The summed E-state index contributed by atoms with van der Waals surface area (Å²) < 4.78 is 23.4. The summed E-state index contributed by atoms with van der Waals surface area (Å²) in [7, 11) is -3.14. The highest BCUT2D eigenvalue weighted by Gasteiger charge is 2.28. The number of sulfone groups is 1. The maximum Gasteiger partial charge on any atom is 0.191 e. The summed E-state index contributed by atoms with van der Waals surface area (Å²) in [5.41, 5.74) is 1.01. The van der Waals surface area contributed by atoms with Crippen molar-refractivity contribution in [3.63, 3.8) is 0 Å². The molecular weight excluding hydrogens is 312 g/mol. The molecule has 130 valence electrons. The van der Waals surface area contributed by atoms with Crippen molar-refractivity contribution in [1.82, 2.24) is 15.6 Å². The van der Waals surface area contributed by atoms with Gasteiger partial charge in [0.2, 0.25) is 0 Å². The molecule has 0 aliphatic rings. The quantitative estimate of drug-likeness (QED) is 0.579. The van der Waals surface area contributed by atoms with E-state index < -0.39 is 14.6 Å². The number of hydrogen-bond donors (Lipinski definition) is 2. The average Bonchev–Trinajstić information content (AvgIpc) is 2.47. The van der Waals surface area contributed by atoms with Gasteiger partial charge in [0.25, 0.3) is 0 Å². The molecule has 2 N–H and O–H groups in total. The molecule has 6 nitrogen and oxygen atoms in total. The number of hydrogen-bond acceptors (Lipinski definition) is 4. The molecule has 0 radical (unpaired) electrons. The van der Waals surface area contributed by atoms with Crippen LogP contribution in [0.15, 0.2) is 29.4 Å². The minimum absolute atomic E-state index is 0.0489. The van der Waals surface area contributed by atoms with Crippen molar-refractivity contribution < 1.29 is 8.42 Å². The molecule has 1 heterocycles. The second-order valence-corrected chi connectivity index (χ2v) is 9.05. The van der Waals surface area contributed by atoms with Crippen LogP contribution in [0.2, 0.25) is 0 Å². The van der Waals surface area contributed by atoms with Crippen molar-refractivity contribution in [3.05, 3.63) is 30.1 Å². The first kappa shape index (κ1) is 19.4. The van der Waals surface area contributed by atoms with Crippen LogP contribution >= 0.6 is 0 Å². The molecule has 1 aromatic heterocycles. The fourth-order valence-corrected chi connectivity index (χ4v) is 2.72. The van der Waals surface area contributed by atoms with E-state index in [0.717, 1.165) is 18.7 Å². The SMILES string of the molecule is CCNC(=NCCS(=O)(=O)C(C)(C)C)NCCc1ccccn1. The zero-order valence-corrected chi connectivity index (χ0v) is 15.3. The molecule has 0 aliphatic carbocycles. The topological polar surface area (TPSA) is 83.5 Å². The van der Waals surface area contributed by atoms with Gasteiger partial charge in [0.15, 0.2) is 15.8 Å². The number of rotatable bonds is 7. The Kier molecular flexibility index (Phi) is 7.48. The van der Waals surface area contributed by atoms with Gasteiger partial charge in [-0.1, -0.05) is 6.07 Å². The van der Waals surface area contributed by atoms with Gasteiger partial charge >= 0.3 is 0 Å². The highest BCUT2D eigenvalue weighted by atomic mass is 32.2. The predicted molar refractivity (Wildman–Crippen MR) is 95.5 cm³/mol. The summed E-state index contributed by atoms with van der Waals surface area (Å²) in [6.45, 7) is 8.77. The lowest BCUT2D eigenvalue weighted by atomic mass is 10.3. The second kappa shape index (κ2) is 8.86. The fraction of sp³-hybridized carbons (Fsp3) is 0.625. The van der Waals surface area contributed by atoms with Crippen molar-refractivity contribution in [2.24, 2.45) is 4.99 Å². The van der Waals surface area contributed by atoms with Crippen molar-refractivity contribution in [3.8, 4) is 0 Å². The molecular formula is C16H28N4O2S. The molecule has 0 saturated carbocycles. The first-order valence-corrected chi connectivity index (χ1v) is 9.56. The minimum atomic E-state index is -3.14. The molecule has 0 atom stereocenters. The Balaban J connectivity index is 2.50. The molecule has 0 amide bonds. The van der Waals surface area contributed by atoms with Gasteiger partial charge in [-0.05, 0) is 39.8 Å². The van der Waals surface area contributed by atoms with Crippen molar-refractivity contribution in [2.45, 2.75) is 38.9 Å². The third-order valence-corrected chi connectivity index (χ3v) is 5.89. The summed E-state index contributed by atoms with van der Waals surface area (Å²) in [5, 5.41) is 6.32. The number of nitrogens with zero attached hydrogens (tertiary/aromatic N) is 2. The normalized spacial score (nSPS) is 13.0. The number of aliphatic imine (C=N–C) groups is 1. The first-order chi connectivity index (χ1) is 10.8. The third-order valence-electron chi connectivity index (χ3n) is 3.31. The van der Waals surface area contributed by atoms with E-state index in [0.29, 0.717) is 12.5 Å². The van der Waals surface area contributed by atoms with Crippen molar-refractivity contribution in [2.75, 3.05) is 25.4 Å². The Morgan fingerprint density at radius 1 is 1.26 bits per heavy atom. The highest BCUT2D eigenvalue weighted by Crippen LogP contribution is 2.15. The lowest BCUT2D eigenvalue weighted by molar-refractivity contribution is 0.560. The molecule has 1 aromatic rings. The molecule has 0 saturated heterocycles. The molecule has 7 heteroatoms. The predicted octanol–water partition coefficient (Wildman–Crippen LogP) is 1.39. The summed E-state index contributed by atoms with van der Waals surface area (Å²) in [6, 6.07) is 5.82. The molecule has 0 aromatic carbocycles. The van der Waals surface area contributed by atoms with Crippen LogP contribution in [0.1, 0.15) is 33.4 Å². The Hall–Kier alpha value is -1.63. The Morgan fingerprint density at radius 2 is 2.00 bits per heavy atom. The van der Waals surface area contributed by atoms with Crippen LogP contribution in [0.4, 0.5) is 0 Å². The largest absolute Gasteiger partial charge is 0.357 e. The summed E-state index contributed by atoms with van der Waals surface area (Å²) in [5.74, 6) is 0.681. The zero-order chi connectivity index (χ0) is 17.3. The maximum absolute atomic E-state index is 12.1. The van der Waals surface area contributed by atoms with Gasteiger partial charge in [-0.2, -0.15) is 0 Å². The average molecular weight is 340 g/mol. The van der Waals surface area contributed by atoms with Gasteiger partial charge in [0, 0.05) is 31.4 Å². The Labute approximate surface area is 139 Å². The van der Waals surface area contributed by atoms with E-state index in [1.807, 2.05) is 25.1 Å². The van der Waals surface area contributed by atoms with Gasteiger partial charge in [-0.15, -0.1) is 0 Å². The van der Waals surface area contributed by atoms with Crippen LogP contribution in [0.25, 0.3) is 0 Å². The zero-order valence-electron chi connectivity index (χ0n) is 14.5. The number of aromatic nitrogens is 1. The lowest BCUT2D eigenvalue weighted by Gasteiger charge is -2.18. The molecule has 0 bridgehead atoms. The van der Waals surface area contributed by atoms with Gasteiger partial charge in [0.05, 0.1) is 17.0 Å². The Morgan fingerprint density at radius 3 is 2.57 bits per heavy atom. The van der Waals surface area contributed by atoms with Crippen LogP contribution in [0.3, 0.4) is 0 Å². The number of pyridine rings is 1. The van der Waals surface area contributed by atoms with E-state index in [1.165, 1.54) is 0 Å². The van der Waals surface area contributed by atoms with Crippen LogP contribution in [0.5, 0.6) is 0 Å². The van der Waals surface area contributed by atoms with Crippen LogP contribution in [0, 0.1) is 0 Å². The van der Waals surface area contributed by atoms with Crippen LogP contribution in [-0.2, 0) is 16.3 Å². The standard InChI is InChI=1S/C16H28N4O2S/c1-5-17-15(19-11-9-14-8-6-7-10-18-14)20-12-13-23(21,22)16(2,3)4/h6-8,10H,5,9,11-13H2,1-4H3,(H2,17,19,20). The van der Waals surface area contributed by atoms with Gasteiger partial charge in [0.1, 0.15) is 0 Å². The minimum Gasteiger partial charge on any atom is -0.357 e. The fourth-order valence-electron chi connectivity index (χ4n) is 1.78. The summed E-state index contributed by atoms with van der Waals surface area (Å²) in [4.78, 5) is 8.60. The van der Waals surface area contributed by atoms with E-state index in [4.69, 9.17) is 0 Å². The first-order valence-electron chi connectivity index (χ1n) is 7.90. The van der Waals surface area contributed by atoms with E-state index in [1.54, 1.807) is 27.0 Å². The van der Waals surface area contributed by atoms with E-state index in [9.17, 15) is 8.42 Å². The van der Waals surface area contributed by atoms with Crippen LogP contribution in [-0.4, -0.2) is 49.5 Å². The number of nitrogens with one attached hydrogen (secondary N) is 2. The van der Waals surface area contributed by atoms with E-state index in [2.05, 4.69) is 20.6 Å². The van der Waals surface area contributed by atoms with E-state index >= 15 is 0 Å². The van der Waals surface area contributed by atoms with Crippen LogP contribution < -0.4 is 10.6 Å². The molecule has 0 spiro atoms. The third kappa shape index (κ3) is 6.99. The highest BCUT2D eigenvalue weighted by molar-refractivity contribution is 7.92. The molecule has 0 aliphatic heterocycles.